The number of carbonyl (C=O) groups is 3. The number of amides is 3. The van der Waals surface area contributed by atoms with E-state index >= 15 is 0 Å². The Morgan fingerprint density at radius 1 is 1.00 bits per heavy atom. The molecule has 9 heteroatoms. The van der Waals surface area contributed by atoms with Gasteiger partial charge in [0.1, 0.15) is 12.1 Å². The molecule has 2 fully saturated rings. The van der Waals surface area contributed by atoms with E-state index in [1.165, 1.54) is 19.3 Å². The third kappa shape index (κ3) is 12.7. The molecule has 2 aliphatic rings. The van der Waals surface area contributed by atoms with E-state index in [1.807, 2.05) is 44.2 Å². The first-order valence-electron chi connectivity index (χ1n) is 17.5. The van der Waals surface area contributed by atoms with Crippen LogP contribution in [0, 0.1) is 30.1 Å². The smallest absolute Gasteiger partial charge is 0.243 e. The maximum absolute atomic E-state index is 13.8. The highest BCUT2D eigenvalue weighted by Gasteiger charge is 2.34. The number of hydrogen-bond donors (Lipinski definition) is 4. The van der Waals surface area contributed by atoms with Crippen molar-refractivity contribution in [1.29, 1.82) is 0 Å². The Morgan fingerprint density at radius 2 is 1.67 bits per heavy atom. The van der Waals surface area contributed by atoms with Crippen molar-refractivity contribution in [1.82, 2.24) is 20.4 Å². The van der Waals surface area contributed by atoms with Gasteiger partial charge in [0, 0.05) is 33.0 Å². The Kier molecular flexibility index (Phi) is 16.0. The SMILES string of the molecule is C#CC[C@H](NC(=O)[C@@H](CC(=O)N(C)CCN1CCCC1)Cc1ccccc1)C(=O)NC(CC1CCCCC1)C(O)[C@@H](O)CC(C)C. The van der Waals surface area contributed by atoms with Crippen molar-refractivity contribution < 1.29 is 24.6 Å². The molecule has 0 spiro atoms. The van der Waals surface area contributed by atoms with E-state index in [9.17, 15) is 24.6 Å². The van der Waals surface area contributed by atoms with E-state index in [-0.39, 0.29) is 24.7 Å². The summed E-state index contributed by atoms with van der Waals surface area (Å²) < 4.78 is 0. The van der Waals surface area contributed by atoms with E-state index in [2.05, 4.69) is 21.5 Å². The third-order valence-electron chi connectivity index (χ3n) is 9.61. The summed E-state index contributed by atoms with van der Waals surface area (Å²) in [6, 6.07) is 7.83. The predicted molar refractivity (Wildman–Crippen MR) is 182 cm³/mol. The Bertz CT molecular complexity index is 1110. The molecular weight excluding hydrogens is 580 g/mol. The van der Waals surface area contributed by atoms with Crippen molar-refractivity contribution in [2.75, 3.05) is 33.2 Å². The molecule has 5 atom stereocenters. The molecular formula is C37H58N4O5. The highest BCUT2D eigenvalue weighted by Crippen LogP contribution is 2.29. The fraction of sp³-hybridized carbons (Fsp3) is 0.703. The Morgan fingerprint density at radius 3 is 2.30 bits per heavy atom. The van der Waals surface area contributed by atoms with Gasteiger partial charge < -0.3 is 30.6 Å². The van der Waals surface area contributed by atoms with E-state index in [0.717, 1.165) is 50.9 Å². The van der Waals surface area contributed by atoms with Crippen molar-refractivity contribution in [3.05, 3.63) is 35.9 Å². The number of rotatable bonds is 18. The zero-order chi connectivity index (χ0) is 33.5. The lowest BCUT2D eigenvalue weighted by molar-refractivity contribution is -0.137. The van der Waals surface area contributed by atoms with Gasteiger partial charge in [0.2, 0.25) is 17.7 Å². The molecule has 4 N–H and O–H groups in total. The number of nitrogens with zero attached hydrogens (tertiary/aromatic N) is 2. The maximum Gasteiger partial charge on any atom is 0.243 e. The Labute approximate surface area is 276 Å². The lowest BCUT2D eigenvalue weighted by atomic mass is 9.82. The minimum Gasteiger partial charge on any atom is -0.390 e. The molecule has 1 heterocycles. The molecule has 3 rings (SSSR count). The number of carbonyl (C=O) groups excluding carboxylic acids is 3. The maximum atomic E-state index is 13.8. The van der Waals surface area contributed by atoms with Gasteiger partial charge in [-0.2, -0.15) is 0 Å². The number of likely N-dealkylation sites (N-methyl/N-ethyl adjacent to an activating group) is 1. The van der Waals surface area contributed by atoms with Crippen LogP contribution in [0.4, 0.5) is 0 Å². The van der Waals surface area contributed by atoms with Crippen LogP contribution < -0.4 is 10.6 Å². The topological polar surface area (TPSA) is 122 Å². The molecule has 3 amide bonds. The van der Waals surface area contributed by atoms with Crippen molar-refractivity contribution >= 4 is 17.7 Å². The van der Waals surface area contributed by atoms with Crippen molar-refractivity contribution in [2.45, 2.75) is 115 Å². The largest absolute Gasteiger partial charge is 0.390 e. The van der Waals surface area contributed by atoms with E-state index in [1.54, 1.807) is 11.9 Å². The zero-order valence-electron chi connectivity index (χ0n) is 28.3. The van der Waals surface area contributed by atoms with Crippen LogP contribution in [0.5, 0.6) is 0 Å². The van der Waals surface area contributed by atoms with Gasteiger partial charge in [-0.25, -0.2) is 0 Å². The molecule has 1 saturated heterocycles. The molecule has 1 aromatic rings. The van der Waals surface area contributed by atoms with Crippen LogP contribution in [0.1, 0.15) is 90.0 Å². The second kappa shape index (κ2) is 19.7. The first kappa shape index (κ1) is 37.5. The summed E-state index contributed by atoms with van der Waals surface area (Å²) in [5, 5.41) is 27.8. The molecule has 0 bridgehead atoms. The third-order valence-corrected chi connectivity index (χ3v) is 9.61. The molecule has 46 heavy (non-hydrogen) atoms. The summed E-state index contributed by atoms with van der Waals surface area (Å²) in [6.45, 7) is 7.45. The van der Waals surface area contributed by atoms with Gasteiger partial charge in [0.25, 0.3) is 0 Å². The van der Waals surface area contributed by atoms with Gasteiger partial charge in [-0.1, -0.05) is 76.3 Å². The summed E-state index contributed by atoms with van der Waals surface area (Å²) in [7, 11) is 1.77. The highest BCUT2D eigenvalue weighted by molar-refractivity contribution is 5.91. The van der Waals surface area contributed by atoms with Crippen LogP contribution >= 0.6 is 0 Å². The van der Waals surface area contributed by atoms with Crippen LogP contribution in [0.2, 0.25) is 0 Å². The number of hydrogen-bond acceptors (Lipinski definition) is 6. The molecule has 9 nitrogen and oxygen atoms in total. The monoisotopic (exact) mass is 638 g/mol. The zero-order valence-corrected chi connectivity index (χ0v) is 28.3. The molecule has 1 aromatic carbocycles. The minimum atomic E-state index is -1.14. The van der Waals surface area contributed by atoms with Gasteiger partial charge in [-0.15, -0.1) is 12.3 Å². The van der Waals surface area contributed by atoms with Gasteiger partial charge in [-0.3, -0.25) is 14.4 Å². The molecule has 1 saturated carbocycles. The number of aliphatic hydroxyl groups excluding tert-OH is 2. The summed E-state index contributed by atoms with van der Waals surface area (Å²) in [5.41, 5.74) is 0.919. The first-order valence-corrected chi connectivity index (χ1v) is 17.5. The standard InChI is InChI=1S/C37H58N4O5/c1-5-14-31(37(46)39-32(25-29-17-10-7-11-18-29)35(44)33(42)23-27(2)3)38-36(45)30(24-28-15-8-6-9-16-28)26-34(43)40(4)21-22-41-19-12-13-20-41/h1,6,8-9,15-16,27,29-33,35,42,44H,7,10-14,17-26H2,2-4H3,(H,38,45)(H,39,46)/t30-,31+,32?,33+,35?/m1/s1. The van der Waals surface area contributed by atoms with Crippen LogP contribution in [-0.4, -0.2) is 95.3 Å². The van der Waals surface area contributed by atoms with Gasteiger partial charge >= 0.3 is 0 Å². The Hall–Kier alpha value is -2.93. The van der Waals surface area contributed by atoms with Gasteiger partial charge in [0.15, 0.2) is 0 Å². The highest BCUT2D eigenvalue weighted by atomic mass is 16.3. The predicted octanol–water partition coefficient (Wildman–Crippen LogP) is 3.52. The minimum absolute atomic E-state index is 0.00599. The average molecular weight is 639 g/mol. The molecule has 1 aliphatic carbocycles. The first-order chi connectivity index (χ1) is 22.1. The summed E-state index contributed by atoms with van der Waals surface area (Å²) in [5.74, 6) is 1.30. The summed E-state index contributed by atoms with van der Waals surface area (Å²) in [6.07, 6.45) is 12.6. The van der Waals surface area contributed by atoms with Crippen LogP contribution in [-0.2, 0) is 20.8 Å². The fourth-order valence-corrected chi connectivity index (χ4v) is 6.80. The number of benzene rings is 1. The van der Waals surface area contributed by atoms with E-state index < -0.39 is 42.0 Å². The summed E-state index contributed by atoms with van der Waals surface area (Å²) in [4.78, 5) is 44.8. The average Bonchev–Trinajstić information content (AvgIpc) is 3.57. The van der Waals surface area contributed by atoms with Crippen molar-refractivity contribution in [3.8, 4) is 12.3 Å². The lowest BCUT2D eigenvalue weighted by Crippen LogP contribution is -2.56. The number of terminal acetylenes is 1. The normalized spacial score (nSPS) is 19.1. The van der Waals surface area contributed by atoms with Crippen LogP contribution in [0.25, 0.3) is 0 Å². The second-order valence-corrected chi connectivity index (χ2v) is 14.0. The van der Waals surface area contributed by atoms with E-state index in [0.29, 0.717) is 31.7 Å². The molecule has 1 aliphatic heterocycles. The number of likely N-dealkylation sites (tertiary alicyclic amines) is 1. The van der Waals surface area contributed by atoms with Crippen LogP contribution in [0.3, 0.4) is 0 Å². The van der Waals surface area contributed by atoms with Crippen molar-refractivity contribution in [3.63, 3.8) is 0 Å². The lowest BCUT2D eigenvalue weighted by Gasteiger charge is -2.33. The quantitative estimate of drug-likeness (QED) is 0.183. The molecule has 0 aromatic heterocycles. The molecule has 0 radical (unpaired) electrons. The van der Waals surface area contributed by atoms with Crippen molar-refractivity contribution in [2.24, 2.45) is 17.8 Å². The van der Waals surface area contributed by atoms with E-state index in [4.69, 9.17) is 6.42 Å². The number of aliphatic hydroxyl groups is 2. The van der Waals surface area contributed by atoms with Gasteiger partial charge in [0.05, 0.1) is 18.1 Å². The molecule has 256 valence electrons. The fourth-order valence-electron chi connectivity index (χ4n) is 6.80. The number of nitrogens with one attached hydrogen (secondary N) is 2. The van der Waals surface area contributed by atoms with Gasteiger partial charge in [-0.05, 0) is 62.6 Å². The molecule has 2 unspecified atom stereocenters. The van der Waals surface area contributed by atoms with Crippen LogP contribution in [0.15, 0.2) is 30.3 Å². The Balaban J connectivity index is 1.72. The summed E-state index contributed by atoms with van der Waals surface area (Å²) >= 11 is 0. The second-order valence-electron chi connectivity index (χ2n) is 14.0.